The number of aliphatic hydroxyl groups is 1. The minimum Gasteiger partial charge on any atom is -0.497 e. The van der Waals surface area contributed by atoms with Gasteiger partial charge in [-0.15, -0.1) is 0 Å². The highest BCUT2D eigenvalue weighted by Gasteiger charge is 2.34. The van der Waals surface area contributed by atoms with Crippen LogP contribution in [0.4, 0.5) is 11.4 Å². The highest BCUT2D eigenvalue weighted by molar-refractivity contribution is 7.92. The van der Waals surface area contributed by atoms with Gasteiger partial charge in [-0.05, 0) is 42.5 Å². The van der Waals surface area contributed by atoms with Gasteiger partial charge in [0.2, 0.25) is 0 Å². The van der Waals surface area contributed by atoms with Crippen molar-refractivity contribution in [1.29, 1.82) is 0 Å². The van der Waals surface area contributed by atoms with Crippen LogP contribution in [-0.4, -0.2) is 64.2 Å². The molecule has 1 aliphatic heterocycles. The lowest BCUT2D eigenvalue weighted by Crippen LogP contribution is -2.31. The van der Waals surface area contributed by atoms with Gasteiger partial charge in [0.15, 0.2) is 0 Å². The van der Waals surface area contributed by atoms with E-state index in [1.807, 2.05) is 0 Å². The number of anilines is 2. The van der Waals surface area contributed by atoms with Gasteiger partial charge in [0.05, 0.1) is 37.8 Å². The third-order valence-corrected chi connectivity index (χ3v) is 6.09. The SMILES string of the molecule is COC(=O)C1=C(Nc2cccc(S(=O)(=O)Nc3ccc(OC)cc3)c2)C(=O)N(CCO)C1. The Balaban J connectivity index is 1.85. The summed E-state index contributed by atoms with van der Waals surface area (Å²) in [5.74, 6) is -0.597. The molecule has 0 radical (unpaired) electrons. The number of methoxy groups -OCH3 is 2. The zero-order chi connectivity index (χ0) is 23.3. The van der Waals surface area contributed by atoms with Crippen molar-refractivity contribution in [2.45, 2.75) is 4.90 Å². The number of carbonyl (C=O) groups excluding carboxylic acids is 2. The molecule has 1 heterocycles. The summed E-state index contributed by atoms with van der Waals surface area (Å²) in [6.45, 7) is -0.242. The third-order valence-electron chi connectivity index (χ3n) is 4.71. The maximum absolute atomic E-state index is 12.8. The summed E-state index contributed by atoms with van der Waals surface area (Å²) in [6, 6.07) is 12.2. The fourth-order valence-corrected chi connectivity index (χ4v) is 4.21. The van der Waals surface area contributed by atoms with Crippen LogP contribution in [-0.2, 0) is 24.3 Å². The third kappa shape index (κ3) is 5.01. The number of rotatable bonds is 9. The summed E-state index contributed by atoms with van der Waals surface area (Å²) in [5, 5.41) is 12.0. The number of esters is 1. The zero-order valence-corrected chi connectivity index (χ0v) is 18.3. The van der Waals surface area contributed by atoms with Crippen molar-refractivity contribution >= 4 is 33.3 Å². The highest BCUT2D eigenvalue weighted by atomic mass is 32.2. The van der Waals surface area contributed by atoms with E-state index in [0.717, 1.165) is 0 Å². The molecule has 3 N–H and O–H groups in total. The van der Waals surface area contributed by atoms with Crippen LogP contribution in [0.25, 0.3) is 0 Å². The molecule has 11 heteroatoms. The standard InChI is InChI=1S/C21H23N3O7S/c1-30-16-8-6-14(7-9-16)23-32(28,29)17-5-3-4-15(12-17)22-19-18(21(27)31-2)13-24(10-11-25)20(19)26/h3-9,12,22-23,25H,10-11,13H2,1-2H3. The largest absolute Gasteiger partial charge is 0.497 e. The topological polar surface area (TPSA) is 134 Å². The van der Waals surface area contributed by atoms with Gasteiger partial charge in [-0.25, -0.2) is 13.2 Å². The van der Waals surface area contributed by atoms with Crippen LogP contribution in [0.2, 0.25) is 0 Å². The van der Waals surface area contributed by atoms with E-state index in [9.17, 15) is 18.0 Å². The number of ether oxygens (including phenoxy) is 2. The second kappa shape index (κ2) is 9.71. The number of nitrogens with one attached hydrogen (secondary N) is 2. The number of amides is 1. The first kappa shape index (κ1) is 23.1. The van der Waals surface area contributed by atoms with E-state index in [0.29, 0.717) is 17.1 Å². The number of aliphatic hydroxyl groups excluding tert-OH is 1. The molecular formula is C21H23N3O7S. The van der Waals surface area contributed by atoms with Crippen molar-refractivity contribution in [3.05, 3.63) is 59.8 Å². The Bertz CT molecular complexity index is 1140. The molecule has 0 saturated heterocycles. The number of benzene rings is 2. The van der Waals surface area contributed by atoms with E-state index in [2.05, 4.69) is 10.0 Å². The quantitative estimate of drug-likeness (QED) is 0.474. The molecule has 0 aromatic heterocycles. The van der Waals surface area contributed by atoms with E-state index < -0.39 is 21.9 Å². The Kier molecular flexibility index (Phi) is 7.01. The van der Waals surface area contributed by atoms with Crippen LogP contribution >= 0.6 is 0 Å². The van der Waals surface area contributed by atoms with E-state index >= 15 is 0 Å². The molecule has 0 saturated carbocycles. The van der Waals surface area contributed by atoms with E-state index in [-0.39, 0.29) is 35.9 Å². The fraction of sp³-hybridized carbons (Fsp3) is 0.238. The molecule has 1 amide bonds. The van der Waals surface area contributed by atoms with Gasteiger partial charge in [0.1, 0.15) is 11.4 Å². The Morgan fingerprint density at radius 1 is 1.12 bits per heavy atom. The summed E-state index contributed by atoms with van der Waals surface area (Å²) >= 11 is 0. The number of β-amino-alcohol motifs (C(OH)–C–C–N with tert-alkyl or cyclic N) is 1. The van der Waals surface area contributed by atoms with Crippen LogP contribution < -0.4 is 14.8 Å². The molecule has 1 aliphatic rings. The monoisotopic (exact) mass is 461 g/mol. The van der Waals surface area contributed by atoms with Crippen LogP contribution in [0.5, 0.6) is 5.75 Å². The van der Waals surface area contributed by atoms with Crippen LogP contribution in [0.1, 0.15) is 0 Å². The fourth-order valence-electron chi connectivity index (χ4n) is 3.11. The summed E-state index contributed by atoms with van der Waals surface area (Å²) in [4.78, 5) is 26.0. The predicted octanol–water partition coefficient (Wildman–Crippen LogP) is 1.17. The van der Waals surface area contributed by atoms with E-state index in [1.54, 1.807) is 30.3 Å². The highest BCUT2D eigenvalue weighted by Crippen LogP contribution is 2.25. The Morgan fingerprint density at radius 2 is 1.84 bits per heavy atom. The molecule has 0 atom stereocenters. The van der Waals surface area contributed by atoms with Gasteiger partial charge in [-0.3, -0.25) is 9.52 Å². The van der Waals surface area contributed by atoms with Gasteiger partial charge >= 0.3 is 5.97 Å². The number of carbonyl (C=O) groups is 2. The van der Waals surface area contributed by atoms with Crippen LogP contribution in [0, 0.1) is 0 Å². The van der Waals surface area contributed by atoms with Crippen molar-refractivity contribution in [2.24, 2.45) is 0 Å². The molecule has 0 aliphatic carbocycles. The average Bonchev–Trinajstić information content (AvgIpc) is 3.09. The molecule has 170 valence electrons. The molecule has 0 spiro atoms. The van der Waals surface area contributed by atoms with Crippen molar-refractivity contribution < 1.29 is 32.6 Å². The average molecular weight is 461 g/mol. The lowest BCUT2D eigenvalue weighted by Gasteiger charge is -2.15. The summed E-state index contributed by atoms with van der Waals surface area (Å²) in [6.07, 6.45) is 0. The zero-order valence-electron chi connectivity index (χ0n) is 17.5. The van der Waals surface area contributed by atoms with Gasteiger partial charge in [0.25, 0.3) is 15.9 Å². The van der Waals surface area contributed by atoms with Crippen LogP contribution in [0.3, 0.4) is 0 Å². The lowest BCUT2D eigenvalue weighted by atomic mass is 10.2. The summed E-state index contributed by atoms with van der Waals surface area (Å²) < 4.78 is 37.9. The Hall–Kier alpha value is -3.57. The normalized spacial score (nSPS) is 13.8. The lowest BCUT2D eigenvalue weighted by molar-refractivity contribution is -0.136. The maximum atomic E-state index is 12.8. The smallest absolute Gasteiger partial charge is 0.337 e. The molecule has 2 aromatic rings. The van der Waals surface area contributed by atoms with E-state index in [1.165, 1.54) is 37.3 Å². The predicted molar refractivity (Wildman–Crippen MR) is 117 cm³/mol. The Labute approximate surface area is 185 Å². The summed E-state index contributed by atoms with van der Waals surface area (Å²) in [5.41, 5.74) is 0.710. The van der Waals surface area contributed by atoms with Gasteiger partial charge in [-0.2, -0.15) is 0 Å². The van der Waals surface area contributed by atoms with Crippen molar-refractivity contribution in [1.82, 2.24) is 4.90 Å². The number of hydrogen-bond acceptors (Lipinski definition) is 8. The second-order valence-electron chi connectivity index (χ2n) is 6.78. The van der Waals surface area contributed by atoms with Crippen molar-refractivity contribution in [3.8, 4) is 5.75 Å². The first-order chi connectivity index (χ1) is 15.3. The Morgan fingerprint density at radius 3 is 2.47 bits per heavy atom. The first-order valence-corrected chi connectivity index (χ1v) is 11.0. The molecule has 0 unspecified atom stereocenters. The van der Waals surface area contributed by atoms with Gasteiger partial charge in [0, 0.05) is 17.9 Å². The minimum atomic E-state index is -3.92. The minimum absolute atomic E-state index is 0.0224. The number of hydrogen-bond donors (Lipinski definition) is 3. The summed E-state index contributed by atoms with van der Waals surface area (Å²) in [7, 11) is -1.21. The van der Waals surface area contributed by atoms with Crippen molar-refractivity contribution in [2.75, 3.05) is 44.0 Å². The van der Waals surface area contributed by atoms with Crippen LogP contribution in [0.15, 0.2) is 64.7 Å². The van der Waals surface area contributed by atoms with Crippen molar-refractivity contribution in [3.63, 3.8) is 0 Å². The second-order valence-corrected chi connectivity index (χ2v) is 8.46. The first-order valence-electron chi connectivity index (χ1n) is 9.54. The number of nitrogens with zero attached hydrogens (tertiary/aromatic N) is 1. The molecule has 0 fully saturated rings. The molecule has 0 bridgehead atoms. The molecule has 2 aromatic carbocycles. The van der Waals surface area contributed by atoms with Gasteiger partial charge in [-0.1, -0.05) is 6.07 Å². The molecule has 32 heavy (non-hydrogen) atoms. The molecule has 3 rings (SSSR count). The van der Waals surface area contributed by atoms with E-state index in [4.69, 9.17) is 14.6 Å². The number of sulfonamides is 1. The van der Waals surface area contributed by atoms with Gasteiger partial charge < -0.3 is 24.8 Å². The maximum Gasteiger partial charge on any atom is 0.337 e. The molecule has 10 nitrogen and oxygen atoms in total. The molecular weight excluding hydrogens is 438 g/mol.